The highest BCUT2D eigenvalue weighted by molar-refractivity contribution is 5.56. The number of rotatable bonds is 3. The van der Waals surface area contributed by atoms with Crippen molar-refractivity contribution in [2.45, 2.75) is 13.8 Å². The second kappa shape index (κ2) is 5.49. The maximum Gasteiger partial charge on any atom is 0.137 e. The molecule has 0 amide bonds. The zero-order chi connectivity index (χ0) is 13.1. The third kappa shape index (κ3) is 2.70. The van der Waals surface area contributed by atoms with E-state index in [0.717, 1.165) is 44.1 Å². The number of aromatic nitrogens is 2. The lowest BCUT2D eigenvalue weighted by molar-refractivity contribution is 0.188. The molecule has 1 aliphatic heterocycles. The summed E-state index contributed by atoms with van der Waals surface area (Å²) in [7, 11) is 0. The van der Waals surface area contributed by atoms with Gasteiger partial charge in [-0.1, -0.05) is 0 Å². The third-order valence-corrected chi connectivity index (χ3v) is 3.36. The van der Waals surface area contributed by atoms with Gasteiger partial charge in [-0.15, -0.1) is 0 Å². The molecule has 0 saturated carbocycles. The number of aryl methyl sites for hydroxylation is 1. The normalized spacial score (nSPS) is 17.2. The molecule has 2 heterocycles. The molecule has 18 heavy (non-hydrogen) atoms. The van der Waals surface area contributed by atoms with Gasteiger partial charge >= 0.3 is 0 Å². The molecule has 6 heteroatoms. The van der Waals surface area contributed by atoms with E-state index in [4.69, 9.17) is 10.8 Å². The average Bonchev–Trinajstić information content (AvgIpc) is 2.35. The van der Waals surface area contributed by atoms with Crippen molar-refractivity contribution in [2.75, 3.05) is 50.0 Å². The molecule has 1 aliphatic rings. The SMILES string of the molecule is Cc1nc(N)c(C)c(N2CCN(CCO)CC2)n1. The van der Waals surface area contributed by atoms with Crippen molar-refractivity contribution in [1.82, 2.24) is 14.9 Å². The Kier molecular flexibility index (Phi) is 3.98. The molecule has 0 atom stereocenters. The number of nitrogens with zero attached hydrogens (tertiary/aromatic N) is 4. The van der Waals surface area contributed by atoms with Crippen LogP contribution in [0.1, 0.15) is 11.4 Å². The number of aliphatic hydroxyl groups is 1. The monoisotopic (exact) mass is 251 g/mol. The van der Waals surface area contributed by atoms with Gasteiger partial charge < -0.3 is 15.7 Å². The molecule has 100 valence electrons. The molecular formula is C12H21N5O. The van der Waals surface area contributed by atoms with Crippen LogP contribution in [-0.2, 0) is 0 Å². The van der Waals surface area contributed by atoms with Gasteiger partial charge in [0.1, 0.15) is 17.5 Å². The van der Waals surface area contributed by atoms with Gasteiger partial charge in [-0.3, -0.25) is 4.90 Å². The molecule has 0 bridgehead atoms. The van der Waals surface area contributed by atoms with Gasteiger partial charge in [0.2, 0.25) is 0 Å². The lowest BCUT2D eigenvalue weighted by Gasteiger charge is -2.35. The molecule has 0 aromatic carbocycles. The van der Waals surface area contributed by atoms with Crippen molar-refractivity contribution in [2.24, 2.45) is 0 Å². The van der Waals surface area contributed by atoms with E-state index in [1.54, 1.807) is 0 Å². The first kappa shape index (κ1) is 13.0. The molecule has 1 saturated heterocycles. The number of hydrogen-bond acceptors (Lipinski definition) is 6. The fourth-order valence-electron chi connectivity index (χ4n) is 2.27. The van der Waals surface area contributed by atoms with Crippen LogP contribution >= 0.6 is 0 Å². The number of nitrogens with two attached hydrogens (primary N) is 1. The number of nitrogen functional groups attached to an aromatic ring is 1. The van der Waals surface area contributed by atoms with E-state index in [1.807, 2.05) is 13.8 Å². The minimum absolute atomic E-state index is 0.221. The van der Waals surface area contributed by atoms with Gasteiger partial charge in [0.05, 0.1) is 6.61 Å². The Hall–Kier alpha value is -1.40. The van der Waals surface area contributed by atoms with E-state index in [-0.39, 0.29) is 6.61 Å². The van der Waals surface area contributed by atoms with E-state index in [1.165, 1.54) is 0 Å². The molecule has 0 unspecified atom stereocenters. The van der Waals surface area contributed by atoms with E-state index >= 15 is 0 Å². The molecule has 0 aliphatic carbocycles. The zero-order valence-corrected chi connectivity index (χ0v) is 11.1. The topological polar surface area (TPSA) is 78.5 Å². The second-order valence-electron chi connectivity index (χ2n) is 4.66. The Morgan fingerprint density at radius 1 is 1.17 bits per heavy atom. The zero-order valence-electron chi connectivity index (χ0n) is 11.1. The van der Waals surface area contributed by atoms with Crippen molar-refractivity contribution in [3.63, 3.8) is 0 Å². The smallest absolute Gasteiger partial charge is 0.137 e. The minimum Gasteiger partial charge on any atom is -0.395 e. The molecule has 1 aromatic rings. The Labute approximate surface area is 107 Å². The molecule has 0 radical (unpaired) electrons. The number of aliphatic hydroxyl groups excluding tert-OH is 1. The molecule has 3 N–H and O–H groups in total. The molecular weight excluding hydrogens is 230 g/mol. The summed E-state index contributed by atoms with van der Waals surface area (Å²) in [5.41, 5.74) is 6.84. The largest absolute Gasteiger partial charge is 0.395 e. The highest BCUT2D eigenvalue weighted by Gasteiger charge is 2.20. The summed E-state index contributed by atoms with van der Waals surface area (Å²) in [5, 5.41) is 8.93. The summed E-state index contributed by atoms with van der Waals surface area (Å²) in [6, 6.07) is 0. The standard InChI is InChI=1S/C12H21N5O/c1-9-11(13)14-10(2)15-12(9)17-5-3-16(4-6-17)7-8-18/h18H,3-8H2,1-2H3,(H2,13,14,15). The van der Waals surface area contributed by atoms with Gasteiger partial charge in [0.15, 0.2) is 0 Å². The highest BCUT2D eigenvalue weighted by Crippen LogP contribution is 2.22. The van der Waals surface area contributed by atoms with E-state index in [9.17, 15) is 0 Å². The summed E-state index contributed by atoms with van der Waals surface area (Å²) >= 11 is 0. The number of hydrogen-bond donors (Lipinski definition) is 2. The van der Waals surface area contributed by atoms with E-state index in [2.05, 4.69) is 19.8 Å². The van der Waals surface area contributed by atoms with Crippen LogP contribution < -0.4 is 10.6 Å². The molecule has 2 rings (SSSR count). The van der Waals surface area contributed by atoms with Crippen LogP contribution in [0.15, 0.2) is 0 Å². The first-order valence-corrected chi connectivity index (χ1v) is 6.30. The second-order valence-corrected chi connectivity index (χ2v) is 4.66. The number of piperazine rings is 1. The molecule has 1 aromatic heterocycles. The predicted molar refractivity (Wildman–Crippen MR) is 71.7 cm³/mol. The summed E-state index contributed by atoms with van der Waals surface area (Å²) in [5.74, 6) is 2.23. The van der Waals surface area contributed by atoms with Crippen molar-refractivity contribution < 1.29 is 5.11 Å². The Bertz CT molecular complexity index is 415. The van der Waals surface area contributed by atoms with Crippen molar-refractivity contribution in [3.8, 4) is 0 Å². The highest BCUT2D eigenvalue weighted by atomic mass is 16.3. The van der Waals surface area contributed by atoms with E-state index in [0.29, 0.717) is 11.6 Å². The van der Waals surface area contributed by atoms with Crippen molar-refractivity contribution in [3.05, 3.63) is 11.4 Å². The van der Waals surface area contributed by atoms with Crippen LogP contribution in [0.3, 0.4) is 0 Å². The summed E-state index contributed by atoms with van der Waals surface area (Å²) in [6.45, 7) is 8.52. The Morgan fingerprint density at radius 3 is 2.44 bits per heavy atom. The lowest BCUT2D eigenvalue weighted by atomic mass is 10.2. The van der Waals surface area contributed by atoms with Crippen LogP contribution in [0, 0.1) is 13.8 Å². The fourth-order valence-corrected chi connectivity index (χ4v) is 2.27. The first-order valence-electron chi connectivity index (χ1n) is 6.30. The molecule has 6 nitrogen and oxygen atoms in total. The third-order valence-electron chi connectivity index (χ3n) is 3.36. The summed E-state index contributed by atoms with van der Waals surface area (Å²) in [4.78, 5) is 13.2. The van der Waals surface area contributed by atoms with Crippen molar-refractivity contribution in [1.29, 1.82) is 0 Å². The van der Waals surface area contributed by atoms with Gasteiger partial charge in [0.25, 0.3) is 0 Å². The van der Waals surface area contributed by atoms with Crippen LogP contribution in [0.5, 0.6) is 0 Å². The van der Waals surface area contributed by atoms with Gasteiger partial charge in [0, 0.05) is 38.3 Å². The van der Waals surface area contributed by atoms with E-state index < -0.39 is 0 Å². The van der Waals surface area contributed by atoms with Crippen molar-refractivity contribution >= 4 is 11.6 Å². The average molecular weight is 251 g/mol. The van der Waals surface area contributed by atoms with Crippen LogP contribution in [-0.4, -0.2) is 59.3 Å². The maximum atomic E-state index is 8.93. The Balaban J connectivity index is 2.10. The molecule has 0 spiro atoms. The van der Waals surface area contributed by atoms with Crippen LogP contribution in [0.25, 0.3) is 0 Å². The molecule has 1 fully saturated rings. The van der Waals surface area contributed by atoms with Crippen LogP contribution in [0.2, 0.25) is 0 Å². The first-order chi connectivity index (χ1) is 8.61. The van der Waals surface area contributed by atoms with Gasteiger partial charge in [-0.25, -0.2) is 9.97 Å². The Morgan fingerprint density at radius 2 is 1.83 bits per heavy atom. The lowest BCUT2D eigenvalue weighted by Crippen LogP contribution is -2.47. The fraction of sp³-hybridized carbons (Fsp3) is 0.667. The van der Waals surface area contributed by atoms with Crippen LogP contribution in [0.4, 0.5) is 11.6 Å². The number of β-amino-alcohol motifs (C(OH)–C–C–N with tert-alkyl or cyclic N) is 1. The quantitative estimate of drug-likeness (QED) is 0.774. The minimum atomic E-state index is 0.221. The number of anilines is 2. The van der Waals surface area contributed by atoms with Gasteiger partial charge in [-0.2, -0.15) is 0 Å². The predicted octanol–water partition coefficient (Wildman–Crippen LogP) is -0.210. The van der Waals surface area contributed by atoms with Gasteiger partial charge in [-0.05, 0) is 13.8 Å². The summed E-state index contributed by atoms with van der Waals surface area (Å²) in [6.07, 6.45) is 0. The summed E-state index contributed by atoms with van der Waals surface area (Å²) < 4.78 is 0. The maximum absolute atomic E-state index is 8.93.